The summed E-state index contributed by atoms with van der Waals surface area (Å²) in [5.74, 6) is 0.952. The maximum Gasteiger partial charge on any atom is 0.148 e. The van der Waals surface area contributed by atoms with Gasteiger partial charge in [-0.15, -0.1) is 0 Å². The van der Waals surface area contributed by atoms with E-state index in [-0.39, 0.29) is 0 Å². The highest BCUT2D eigenvalue weighted by Gasteiger charge is 2.57. The van der Waals surface area contributed by atoms with E-state index in [4.69, 9.17) is 4.74 Å². The Labute approximate surface area is 131 Å². The summed E-state index contributed by atoms with van der Waals surface area (Å²) in [6, 6.07) is 6.72. The van der Waals surface area contributed by atoms with Crippen LogP contribution in [-0.4, -0.2) is 19.2 Å². The Balaban J connectivity index is 1.81. The summed E-state index contributed by atoms with van der Waals surface area (Å²) in [4.78, 5) is 0. The molecule has 0 amide bonds. The van der Waals surface area contributed by atoms with Gasteiger partial charge in [-0.05, 0) is 63.9 Å². The van der Waals surface area contributed by atoms with Gasteiger partial charge in [-0.3, -0.25) is 0 Å². The molecule has 0 radical (unpaired) electrons. The first-order valence-corrected chi connectivity index (χ1v) is 8.54. The molecular formula is C15H19Br2NO. The summed E-state index contributed by atoms with van der Waals surface area (Å²) in [6.07, 6.45) is 6.74. The smallest absolute Gasteiger partial charge is 0.148 e. The normalized spacial score (nSPS) is 28.4. The molecule has 2 unspecified atom stereocenters. The molecule has 0 saturated heterocycles. The first-order chi connectivity index (χ1) is 9.17. The van der Waals surface area contributed by atoms with Crippen molar-refractivity contribution in [3.63, 3.8) is 0 Å². The monoisotopic (exact) mass is 387 g/mol. The van der Waals surface area contributed by atoms with Crippen LogP contribution in [0.3, 0.4) is 0 Å². The van der Waals surface area contributed by atoms with Crippen molar-refractivity contribution in [1.82, 2.24) is 5.32 Å². The molecule has 2 atom stereocenters. The minimum Gasteiger partial charge on any atom is -0.487 e. The van der Waals surface area contributed by atoms with Crippen LogP contribution in [0.4, 0.5) is 0 Å². The SMILES string of the molecule is CNC1CC(Oc2c(Br)cccc2Br)C12CCCC2. The van der Waals surface area contributed by atoms with Crippen molar-refractivity contribution in [2.45, 2.75) is 44.2 Å². The highest BCUT2D eigenvalue weighted by atomic mass is 79.9. The van der Waals surface area contributed by atoms with Crippen molar-refractivity contribution in [2.75, 3.05) is 7.05 Å². The van der Waals surface area contributed by atoms with E-state index in [0.717, 1.165) is 21.1 Å². The quantitative estimate of drug-likeness (QED) is 0.822. The molecule has 19 heavy (non-hydrogen) atoms. The van der Waals surface area contributed by atoms with Crippen molar-refractivity contribution < 1.29 is 4.74 Å². The lowest BCUT2D eigenvalue weighted by molar-refractivity contribution is -0.0743. The lowest BCUT2D eigenvalue weighted by atomic mass is 9.60. The van der Waals surface area contributed by atoms with Crippen molar-refractivity contribution >= 4 is 31.9 Å². The van der Waals surface area contributed by atoms with Gasteiger partial charge in [0.15, 0.2) is 0 Å². The predicted octanol–water partition coefficient (Wildman–Crippen LogP) is 4.51. The van der Waals surface area contributed by atoms with Crippen molar-refractivity contribution in [2.24, 2.45) is 5.41 Å². The number of para-hydroxylation sites is 1. The maximum atomic E-state index is 6.35. The Morgan fingerprint density at radius 2 is 1.84 bits per heavy atom. The van der Waals surface area contributed by atoms with E-state index in [2.05, 4.69) is 44.2 Å². The number of hydrogen-bond acceptors (Lipinski definition) is 2. The Kier molecular flexibility index (Phi) is 3.93. The molecule has 1 N–H and O–H groups in total. The molecule has 4 heteroatoms. The van der Waals surface area contributed by atoms with Crippen molar-refractivity contribution in [3.05, 3.63) is 27.1 Å². The largest absolute Gasteiger partial charge is 0.487 e. The van der Waals surface area contributed by atoms with Crippen LogP contribution in [0.25, 0.3) is 0 Å². The fourth-order valence-electron chi connectivity index (χ4n) is 3.76. The molecule has 0 aliphatic heterocycles. The van der Waals surface area contributed by atoms with Gasteiger partial charge in [-0.25, -0.2) is 0 Å². The minimum absolute atomic E-state index is 0.349. The summed E-state index contributed by atoms with van der Waals surface area (Å²) in [5, 5.41) is 3.48. The van der Waals surface area contributed by atoms with Crippen LogP contribution >= 0.6 is 31.9 Å². The summed E-state index contributed by atoms with van der Waals surface area (Å²) >= 11 is 7.17. The number of benzene rings is 1. The summed E-state index contributed by atoms with van der Waals surface area (Å²) in [5.41, 5.74) is 0.365. The van der Waals surface area contributed by atoms with Crippen LogP contribution in [0.1, 0.15) is 32.1 Å². The lowest BCUT2D eigenvalue weighted by Crippen LogP contribution is -2.63. The Morgan fingerprint density at radius 1 is 1.21 bits per heavy atom. The fourth-order valence-corrected chi connectivity index (χ4v) is 4.94. The third-order valence-electron chi connectivity index (χ3n) is 4.85. The van der Waals surface area contributed by atoms with E-state index in [0.29, 0.717) is 17.6 Å². The Hall–Kier alpha value is -0.0600. The average Bonchev–Trinajstić information content (AvgIpc) is 2.89. The van der Waals surface area contributed by atoms with Gasteiger partial charge in [0.1, 0.15) is 11.9 Å². The third-order valence-corrected chi connectivity index (χ3v) is 6.10. The van der Waals surface area contributed by atoms with Gasteiger partial charge < -0.3 is 10.1 Å². The molecule has 0 heterocycles. The van der Waals surface area contributed by atoms with Crippen LogP contribution in [0.15, 0.2) is 27.1 Å². The van der Waals surface area contributed by atoms with E-state index < -0.39 is 0 Å². The molecule has 2 saturated carbocycles. The molecule has 0 aromatic heterocycles. The molecule has 1 spiro atoms. The molecule has 2 aliphatic carbocycles. The van der Waals surface area contributed by atoms with Crippen LogP contribution in [-0.2, 0) is 0 Å². The molecule has 1 aromatic rings. The lowest BCUT2D eigenvalue weighted by Gasteiger charge is -2.53. The Morgan fingerprint density at radius 3 is 2.42 bits per heavy atom. The standard InChI is InChI=1S/C15H19Br2NO/c1-18-12-9-13(15(12)7-2-3-8-15)19-14-10(16)5-4-6-11(14)17/h4-6,12-13,18H,2-3,7-9H2,1H3. The second kappa shape index (κ2) is 5.38. The maximum absolute atomic E-state index is 6.35. The molecule has 2 fully saturated rings. The van der Waals surface area contributed by atoms with Gasteiger partial charge >= 0.3 is 0 Å². The number of hydrogen-bond donors (Lipinski definition) is 1. The number of ether oxygens (including phenoxy) is 1. The minimum atomic E-state index is 0.349. The first kappa shape index (κ1) is 13.9. The molecule has 2 nitrogen and oxygen atoms in total. The zero-order valence-electron chi connectivity index (χ0n) is 11.1. The first-order valence-electron chi connectivity index (χ1n) is 6.95. The highest BCUT2D eigenvalue weighted by molar-refractivity contribution is 9.11. The summed E-state index contributed by atoms with van der Waals surface area (Å²) < 4.78 is 8.41. The highest BCUT2D eigenvalue weighted by Crippen LogP contribution is 2.55. The zero-order valence-corrected chi connectivity index (χ0v) is 14.3. The van der Waals surface area contributed by atoms with Crippen LogP contribution in [0.2, 0.25) is 0 Å². The van der Waals surface area contributed by atoms with Crippen LogP contribution in [0.5, 0.6) is 5.75 Å². The van der Waals surface area contributed by atoms with Gasteiger partial charge in [-0.1, -0.05) is 18.9 Å². The summed E-state index contributed by atoms with van der Waals surface area (Å²) in [7, 11) is 2.08. The van der Waals surface area contributed by atoms with Gasteiger partial charge in [0.2, 0.25) is 0 Å². The second-order valence-electron chi connectivity index (χ2n) is 5.67. The number of nitrogens with one attached hydrogen (secondary N) is 1. The zero-order chi connectivity index (χ0) is 13.5. The molecular weight excluding hydrogens is 370 g/mol. The fraction of sp³-hybridized carbons (Fsp3) is 0.600. The van der Waals surface area contributed by atoms with E-state index in [1.807, 2.05) is 18.2 Å². The summed E-state index contributed by atoms with van der Waals surface area (Å²) in [6.45, 7) is 0. The predicted molar refractivity (Wildman–Crippen MR) is 84.6 cm³/mol. The van der Waals surface area contributed by atoms with Gasteiger partial charge in [0.25, 0.3) is 0 Å². The Bertz CT molecular complexity index is 451. The van der Waals surface area contributed by atoms with Crippen molar-refractivity contribution in [3.8, 4) is 5.75 Å². The van der Waals surface area contributed by atoms with Crippen LogP contribution in [0, 0.1) is 5.41 Å². The van der Waals surface area contributed by atoms with E-state index in [9.17, 15) is 0 Å². The second-order valence-corrected chi connectivity index (χ2v) is 7.38. The number of rotatable bonds is 3. The number of halogens is 2. The molecule has 104 valence electrons. The van der Waals surface area contributed by atoms with E-state index in [1.54, 1.807) is 0 Å². The van der Waals surface area contributed by atoms with Gasteiger partial charge in [0, 0.05) is 17.9 Å². The third kappa shape index (κ3) is 2.26. The van der Waals surface area contributed by atoms with E-state index >= 15 is 0 Å². The molecule has 2 aliphatic rings. The molecule has 3 rings (SSSR count). The molecule has 0 bridgehead atoms. The van der Waals surface area contributed by atoms with Gasteiger partial charge in [-0.2, -0.15) is 0 Å². The van der Waals surface area contributed by atoms with Crippen LogP contribution < -0.4 is 10.1 Å². The molecule has 1 aromatic carbocycles. The average molecular weight is 389 g/mol. The van der Waals surface area contributed by atoms with Gasteiger partial charge in [0.05, 0.1) is 8.95 Å². The topological polar surface area (TPSA) is 21.3 Å². The van der Waals surface area contributed by atoms with Crippen molar-refractivity contribution in [1.29, 1.82) is 0 Å². The van der Waals surface area contributed by atoms with E-state index in [1.165, 1.54) is 25.7 Å².